The summed E-state index contributed by atoms with van der Waals surface area (Å²) in [5.74, 6) is 0.276. The Morgan fingerprint density at radius 2 is 1.66 bits per heavy atom. The Hall–Kier alpha value is -2.74. The van der Waals surface area contributed by atoms with E-state index in [9.17, 15) is 13.2 Å². The Morgan fingerprint density at radius 1 is 0.969 bits per heavy atom. The highest BCUT2D eigenvalue weighted by molar-refractivity contribution is 7.92. The average Bonchev–Trinajstić information content (AvgIpc) is 2.72. The van der Waals surface area contributed by atoms with Crippen LogP contribution in [-0.2, 0) is 14.8 Å². The summed E-state index contributed by atoms with van der Waals surface area (Å²) in [4.78, 5) is 12.5. The maximum absolute atomic E-state index is 12.6. The number of hydrogen-bond donors (Lipinski definition) is 2. The molecule has 1 atom stereocenters. The predicted octanol–water partition coefficient (Wildman–Crippen LogP) is 5.82. The molecule has 32 heavy (non-hydrogen) atoms. The molecule has 3 aromatic rings. The third-order valence-corrected chi connectivity index (χ3v) is 6.54. The quantitative estimate of drug-likeness (QED) is 0.435. The molecule has 3 rings (SSSR count). The van der Waals surface area contributed by atoms with Crippen molar-refractivity contribution in [3.8, 4) is 5.75 Å². The number of amides is 1. The first-order valence-corrected chi connectivity index (χ1v) is 11.9. The predicted molar refractivity (Wildman–Crippen MR) is 128 cm³/mol. The smallest absolute Gasteiger partial charge is 0.265 e. The van der Waals surface area contributed by atoms with E-state index in [1.165, 1.54) is 42.5 Å². The molecule has 0 saturated heterocycles. The zero-order valence-electron chi connectivity index (χ0n) is 17.6. The number of ether oxygens (including phenoxy) is 1. The van der Waals surface area contributed by atoms with Gasteiger partial charge in [0.15, 0.2) is 6.10 Å². The number of benzene rings is 3. The van der Waals surface area contributed by atoms with Crippen LogP contribution in [0.25, 0.3) is 0 Å². The van der Waals surface area contributed by atoms with Gasteiger partial charge in [0.25, 0.3) is 15.9 Å². The minimum absolute atomic E-state index is 0.0149. The molecule has 0 aliphatic heterocycles. The first-order valence-electron chi connectivity index (χ1n) is 9.68. The van der Waals surface area contributed by atoms with Crippen molar-refractivity contribution < 1.29 is 17.9 Å². The van der Waals surface area contributed by atoms with E-state index in [2.05, 4.69) is 10.0 Å². The van der Waals surface area contributed by atoms with Crippen LogP contribution in [0.3, 0.4) is 0 Å². The third-order valence-electron chi connectivity index (χ3n) is 4.61. The van der Waals surface area contributed by atoms with Crippen LogP contribution >= 0.6 is 23.2 Å². The van der Waals surface area contributed by atoms with Gasteiger partial charge < -0.3 is 10.1 Å². The first-order chi connectivity index (χ1) is 15.0. The second-order valence-corrected chi connectivity index (χ2v) is 9.80. The van der Waals surface area contributed by atoms with E-state index in [-0.39, 0.29) is 21.5 Å². The minimum atomic E-state index is -3.87. The Bertz CT molecular complexity index is 1250. The molecule has 2 N–H and O–H groups in total. The highest BCUT2D eigenvalue weighted by Crippen LogP contribution is 2.28. The number of anilines is 2. The van der Waals surface area contributed by atoms with Crippen molar-refractivity contribution in [1.29, 1.82) is 0 Å². The van der Waals surface area contributed by atoms with E-state index in [0.29, 0.717) is 16.5 Å². The van der Waals surface area contributed by atoms with Crippen molar-refractivity contribution in [2.75, 3.05) is 10.0 Å². The number of carbonyl (C=O) groups is 1. The average molecular weight is 493 g/mol. The third kappa shape index (κ3) is 5.94. The molecule has 0 aliphatic rings. The summed E-state index contributed by atoms with van der Waals surface area (Å²) >= 11 is 11.9. The maximum Gasteiger partial charge on any atom is 0.265 e. The summed E-state index contributed by atoms with van der Waals surface area (Å²) in [6.07, 6.45) is -0.742. The van der Waals surface area contributed by atoms with Gasteiger partial charge in [-0.3, -0.25) is 9.52 Å². The summed E-state index contributed by atoms with van der Waals surface area (Å²) in [6, 6.07) is 15.9. The highest BCUT2D eigenvalue weighted by Gasteiger charge is 2.18. The van der Waals surface area contributed by atoms with Crippen molar-refractivity contribution in [3.05, 3.63) is 81.8 Å². The summed E-state index contributed by atoms with van der Waals surface area (Å²) in [7, 11) is -3.87. The fourth-order valence-corrected chi connectivity index (χ4v) is 4.50. The number of hydrogen-bond acceptors (Lipinski definition) is 4. The van der Waals surface area contributed by atoms with Crippen molar-refractivity contribution in [1.82, 2.24) is 0 Å². The molecule has 0 saturated carbocycles. The van der Waals surface area contributed by atoms with Crippen LogP contribution in [0.15, 0.2) is 65.6 Å². The van der Waals surface area contributed by atoms with Crippen LogP contribution in [-0.4, -0.2) is 20.4 Å². The maximum atomic E-state index is 12.6. The summed E-state index contributed by atoms with van der Waals surface area (Å²) in [5.41, 5.74) is 2.70. The second-order valence-electron chi connectivity index (χ2n) is 7.27. The lowest BCUT2D eigenvalue weighted by molar-refractivity contribution is -0.122. The molecular weight excluding hydrogens is 471 g/mol. The van der Waals surface area contributed by atoms with Gasteiger partial charge in [-0.25, -0.2) is 8.42 Å². The van der Waals surface area contributed by atoms with E-state index >= 15 is 0 Å². The number of nitrogens with one attached hydrogen (secondary N) is 2. The molecule has 0 unspecified atom stereocenters. The van der Waals surface area contributed by atoms with Gasteiger partial charge in [0.2, 0.25) is 0 Å². The molecule has 0 radical (unpaired) electrons. The van der Waals surface area contributed by atoms with Crippen molar-refractivity contribution >= 4 is 50.5 Å². The number of rotatable bonds is 7. The Kier molecular flexibility index (Phi) is 7.33. The van der Waals surface area contributed by atoms with Gasteiger partial charge in [-0.1, -0.05) is 40.9 Å². The molecule has 0 aliphatic carbocycles. The van der Waals surface area contributed by atoms with Crippen LogP contribution in [0.1, 0.15) is 18.1 Å². The van der Waals surface area contributed by atoms with Crippen LogP contribution in [0, 0.1) is 13.8 Å². The Labute approximate surface area is 197 Å². The number of carbonyl (C=O) groups excluding carboxylic acids is 1. The first kappa shape index (κ1) is 23.9. The topological polar surface area (TPSA) is 84.5 Å². The normalized spacial score (nSPS) is 12.2. The van der Waals surface area contributed by atoms with E-state index in [1.54, 1.807) is 6.92 Å². The highest BCUT2D eigenvalue weighted by atomic mass is 35.5. The van der Waals surface area contributed by atoms with E-state index in [0.717, 1.165) is 11.1 Å². The minimum Gasteiger partial charge on any atom is -0.481 e. The lowest BCUT2D eigenvalue weighted by Crippen LogP contribution is -2.30. The lowest BCUT2D eigenvalue weighted by Gasteiger charge is -2.17. The van der Waals surface area contributed by atoms with Gasteiger partial charge in [-0.2, -0.15) is 0 Å². The van der Waals surface area contributed by atoms with Gasteiger partial charge in [0, 0.05) is 10.7 Å². The largest absolute Gasteiger partial charge is 0.481 e. The molecule has 3 aromatic carbocycles. The number of halogens is 2. The molecule has 6 nitrogen and oxygen atoms in total. The molecule has 0 aromatic heterocycles. The summed E-state index contributed by atoms with van der Waals surface area (Å²) < 4.78 is 33.4. The van der Waals surface area contributed by atoms with Gasteiger partial charge >= 0.3 is 0 Å². The fourth-order valence-electron chi connectivity index (χ4n) is 2.91. The standard InChI is InChI=1S/C23H22Cl2N2O4S/c1-14-4-11-22(15(2)12-14)31-16(3)23(28)26-18-6-8-19(9-7-18)32(29,30)27-21-10-5-17(24)13-20(21)25/h4-13,16,27H,1-3H3,(H,26,28)/t16-/m1/s1. The van der Waals surface area contributed by atoms with E-state index in [1.807, 2.05) is 32.0 Å². The number of aryl methyl sites for hydroxylation is 2. The lowest BCUT2D eigenvalue weighted by atomic mass is 10.1. The monoisotopic (exact) mass is 492 g/mol. The zero-order valence-corrected chi connectivity index (χ0v) is 20.0. The second kappa shape index (κ2) is 9.81. The molecule has 1 amide bonds. The van der Waals surface area contributed by atoms with Crippen LogP contribution in [0.4, 0.5) is 11.4 Å². The molecule has 168 valence electrons. The zero-order chi connectivity index (χ0) is 23.5. The molecule has 0 bridgehead atoms. The fraction of sp³-hybridized carbons (Fsp3) is 0.174. The van der Waals surface area contributed by atoms with Gasteiger partial charge in [-0.15, -0.1) is 0 Å². The molecule has 0 spiro atoms. The molecule has 0 fully saturated rings. The summed E-state index contributed by atoms with van der Waals surface area (Å²) in [5, 5.41) is 3.30. The Morgan fingerprint density at radius 3 is 2.28 bits per heavy atom. The molecular formula is C23H22Cl2N2O4S. The van der Waals surface area contributed by atoms with Crippen LogP contribution < -0.4 is 14.8 Å². The van der Waals surface area contributed by atoms with E-state index in [4.69, 9.17) is 27.9 Å². The van der Waals surface area contributed by atoms with E-state index < -0.39 is 16.1 Å². The Balaban J connectivity index is 1.66. The number of sulfonamides is 1. The SMILES string of the molecule is Cc1ccc(O[C@H](C)C(=O)Nc2ccc(S(=O)(=O)Nc3ccc(Cl)cc3Cl)cc2)c(C)c1. The molecule has 0 heterocycles. The van der Waals surface area contributed by atoms with Gasteiger partial charge in [-0.05, 0) is 74.9 Å². The molecule has 9 heteroatoms. The van der Waals surface area contributed by atoms with Crippen LogP contribution in [0.2, 0.25) is 10.0 Å². The van der Waals surface area contributed by atoms with Crippen LogP contribution in [0.5, 0.6) is 5.75 Å². The van der Waals surface area contributed by atoms with Gasteiger partial charge in [0.1, 0.15) is 5.75 Å². The van der Waals surface area contributed by atoms with Gasteiger partial charge in [0.05, 0.1) is 15.6 Å². The van der Waals surface area contributed by atoms with Crippen molar-refractivity contribution in [2.24, 2.45) is 0 Å². The van der Waals surface area contributed by atoms with Crippen molar-refractivity contribution in [2.45, 2.75) is 31.8 Å². The summed E-state index contributed by atoms with van der Waals surface area (Å²) in [6.45, 7) is 5.54. The van der Waals surface area contributed by atoms with Crippen molar-refractivity contribution in [3.63, 3.8) is 0 Å².